The van der Waals surface area contributed by atoms with Gasteiger partial charge in [-0.2, -0.15) is 0 Å². The SMILES string of the molecule is CCc1ccc(N(C)c2ccc3c(c2)CC[C@H]3CCc2cnccc2C(=O)OC)cc1. The summed E-state index contributed by atoms with van der Waals surface area (Å²) in [4.78, 5) is 18.5. The molecule has 0 amide bonds. The number of methoxy groups -OCH3 is 1. The molecule has 4 rings (SSSR count). The zero-order chi connectivity index (χ0) is 21.8. The smallest absolute Gasteiger partial charge is 0.338 e. The summed E-state index contributed by atoms with van der Waals surface area (Å²) in [6, 6.07) is 17.4. The molecule has 4 nitrogen and oxygen atoms in total. The molecule has 0 N–H and O–H groups in total. The number of fused-ring (bicyclic) bond motifs is 1. The first kappa shape index (κ1) is 21.1. The van der Waals surface area contributed by atoms with Crippen molar-refractivity contribution in [2.75, 3.05) is 19.1 Å². The first-order valence-corrected chi connectivity index (χ1v) is 11.1. The Kier molecular flexibility index (Phi) is 6.36. The van der Waals surface area contributed by atoms with E-state index in [2.05, 4.69) is 66.3 Å². The van der Waals surface area contributed by atoms with Crippen LogP contribution in [0.4, 0.5) is 11.4 Å². The number of nitrogens with zero attached hydrogens (tertiary/aromatic N) is 2. The molecule has 31 heavy (non-hydrogen) atoms. The predicted octanol–water partition coefficient (Wildman–Crippen LogP) is 5.86. The summed E-state index contributed by atoms with van der Waals surface area (Å²) < 4.78 is 4.92. The van der Waals surface area contributed by atoms with Gasteiger partial charge in [0.1, 0.15) is 0 Å². The van der Waals surface area contributed by atoms with Gasteiger partial charge in [0.05, 0.1) is 12.7 Å². The second-order valence-electron chi connectivity index (χ2n) is 8.26. The Morgan fingerprint density at radius 3 is 2.65 bits per heavy atom. The van der Waals surface area contributed by atoms with Crippen molar-refractivity contribution in [3.05, 3.63) is 88.7 Å². The van der Waals surface area contributed by atoms with Crippen LogP contribution in [0.3, 0.4) is 0 Å². The molecule has 1 aromatic heterocycles. The van der Waals surface area contributed by atoms with E-state index in [1.54, 1.807) is 18.5 Å². The number of rotatable bonds is 7. The summed E-state index contributed by atoms with van der Waals surface area (Å²) in [5, 5.41) is 0. The predicted molar refractivity (Wildman–Crippen MR) is 125 cm³/mol. The van der Waals surface area contributed by atoms with Crippen LogP contribution in [0.2, 0.25) is 0 Å². The standard InChI is InChI=1S/C27H30N2O2/c1-4-19-5-11-23(12-6-19)29(2)24-13-14-25-20(7-9-21(25)17-24)8-10-22-18-28-16-15-26(22)27(30)31-3/h5-6,11-18,20H,4,7-10H2,1-3H3/t20-/m0/s1. The van der Waals surface area contributed by atoms with Gasteiger partial charge in [-0.25, -0.2) is 4.79 Å². The number of pyridine rings is 1. The van der Waals surface area contributed by atoms with Crippen molar-refractivity contribution in [3.8, 4) is 0 Å². The number of benzene rings is 2. The third-order valence-corrected chi connectivity index (χ3v) is 6.52. The largest absolute Gasteiger partial charge is 0.465 e. The number of carbonyl (C=O) groups excluding carboxylic acids is 1. The highest BCUT2D eigenvalue weighted by Crippen LogP contribution is 2.39. The lowest BCUT2D eigenvalue weighted by Gasteiger charge is -2.21. The summed E-state index contributed by atoms with van der Waals surface area (Å²) in [7, 11) is 3.55. The molecule has 2 aromatic carbocycles. The van der Waals surface area contributed by atoms with E-state index in [1.165, 1.54) is 35.2 Å². The Balaban J connectivity index is 1.47. The van der Waals surface area contributed by atoms with Crippen LogP contribution in [0.15, 0.2) is 60.9 Å². The summed E-state index contributed by atoms with van der Waals surface area (Å²) in [6.07, 6.45) is 8.60. The van der Waals surface area contributed by atoms with E-state index in [0.29, 0.717) is 11.5 Å². The van der Waals surface area contributed by atoms with E-state index in [4.69, 9.17) is 4.74 Å². The van der Waals surface area contributed by atoms with Crippen molar-refractivity contribution >= 4 is 17.3 Å². The molecule has 0 aliphatic heterocycles. The van der Waals surface area contributed by atoms with Crippen LogP contribution < -0.4 is 4.90 Å². The molecule has 4 heteroatoms. The van der Waals surface area contributed by atoms with Gasteiger partial charge >= 0.3 is 5.97 Å². The summed E-state index contributed by atoms with van der Waals surface area (Å²) >= 11 is 0. The zero-order valence-corrected chi connectivity index (χ0v) is 18.6. The maximum atomic E-state index is 12.0. The van der Waals surface area contributed by atoms with Crippen molar-refractivity contribution < 1.29 is 9.53 Å². The average Bonchev–Trinajstić information content (AvgIpc) is 3.24. The van der Waals surface area contributed by atoms with Gasteiger partial charge < -0.3 is 9.64 Å². The summed E-state index contributed by atoms with van der Waals surface area (Å²) in [5.41, 5.74) is 8.28. The molecule has 0 saturated carbocycles. The molecule has 1 aliphatic carbocycles. The molecule has 0 bridgehead atoms. The quantitative estimate of drug-likeness (QED) is 0.454. The molecule has 0 saturated heterocycles. The third kappa shape index (κ3) is 4.48. The Morgan fingerprint density at radius 1 is 1.13 bits per heavy atom. The minimum Gasteiger partial charge on any atom is -0.465 e. The minimum atomic E-state index is -0.288. The van der Waals surface area contributed by atoms with Crippen LogP contribution >= 0.6 is 0 Å². The minimum absolute atomic E-state index is 0.288. The van der Waals surface area contributed by atoms with Crippen molar-refractivity contribution in [1.29, 1.82) is 0 Å². The first-order chi connectivity index (χ1) is 15.1. The van der Waals surface area contributed by atoms with Gasteiger partial charge in [0, 0.05) is 30.8 Å². The highest BCUT2D eigenvalue weighted by atomic mass is 16.5. The molecule has 0 spiro atoms. The topological polar surface area (TPSA) is 42.4 Å². The maximum Gasteiger partial charge on any atom is 0.338 e. The summed E-state index contributed by atoms with van der Waals surface area (Å²) in [5.74, 6) is 0.229. The van der Waals surface area contributed by atoms with Gasteiger partial charge in [0.25, 0.3) is 0 Å². The molecule has 1 aliphatic rings. The number of esters is 1. The van der Waals surface area contributed by atoms with E-state index in [0.717, 1.165) is 37.7 Å². The Bertz CT molecular complexity index is 1060. The third-order valence-electron chi connectivity index (χ3n) is 6.52. The van der Waals surface area contributed by atoms with Crippen molar-refractivity contribution in [2.45, 2.75) is 44.9 Å². The molecule has 160 valence electrons. The molecule has 3 aromatic rings. The van der Waals surface area contributed by atoms with Crippen molar-refractivity contribution in [3.63, 3.8) is 0 Å². The molecular formula is C27H30N2O2. The summed E-state index contributed by atoms with van der Waals surface area (Å²) in [6.45, 7) is 2.18. The second-order valence-corrected chi connectivity index (χ2v) is 8.26. The van der Waals surface area contributed by atoms with Crippen molar-refractivity contribution in [1.82, 2.24) is 4.98 Å². The maximum absolute atomic E-state index is 12.0. The number of anilines is 2. The Hall–Kier alpha value is -3.14. The number of hydrogen-bond acceptors (Lipinski definition) is 4. The average molecular weight is 415 g/mol. The highest BCUT2D eigenvalue weighted by Gasteiger charge is 2.24. The van der Waals surface area contributed by atoms with Crippen LogP contribution in [0.25, 0.3) is 0 Å². The van der Waals surface area contributed by atoms with E-state index >= 15 is 0 Å². The van der Waals surface area contributed by atoms with Gasteiger partial charge in [-0.05, 0) is 90.6 Å². The zero-order valence-electron chi connectivity index (χ0n) is 18.6. The molecular weight excluding hydrogens is 384 g/mol. The highest BCUT2D eigenvalue weighted by molar-refractivity contribution is 5.90. The van der Waals surface area contributed by atoms with Crippen LogP contribution in [-0.4, -0.2) is 25.1 Å². The van der Waals surface area contributed by atoms with E-state index in [1.807, 2.05) is 0 Å². The fourth-order valence-corrected chi connectivity index (χ4v) is 4.57. The van der Waals surface area contributed by atoms with Crippen LogP contribution in [0.1, 0.15) is 58.3 Å². The van der Waals surface area contributed by atoms with E-state index in [9.17, 15) is 4.79 Å². The number of aryl methyl sites for hydroxylation is 3. The Morgan fingerprint density at radius 2 is 1.90 bits per heavy atom. The van der Waals surface area contributed by atoms with Crippen LogP contribution in [0, 0.1) is 0 Å². The molecule has 1 heterocycles. The lowest BCUT2D eigenvalue weighted by Crippen LogP contribution is -2.10. The molecule has 1 atom stereocenters. The van der Waals surface area contributed by atoms with Crippen molar-refractivity contribution in [2.24, 2.45) is 0 Å². The van der Waals surface area contributed by atoms with Crippen LogP contribution in [-0.2, 0) is 24.0 Å². The lowest BCUT2D eigenvalue weighted by molar-refractivity contribution is 0.0599. The van der Waals surface area contributed by atoms with E-state index in [-0.39, 0.29) is 5.97 Å². The molecule has 0 unspecified atom stereocenters. The fourth-order valence-electron chi connectivity index (χ4n) is 4.57. The normalized spacial score (nSPS) is 14.9. The number of carbonyl (C=O) groups is 1. The Labute approximate surface area is 184 Å². The first-order valence-electron chi connectivity index (χ1n) is 11.1. The van der Waals surface area contributed by atoms with Crippen LogP contribution in [0.5, 0.6) is 0 Å². The van der Waals surface area contributed by atoms with Gasteiger partial charge in [0.15, 0.2) is 0 Å². The number of aromatic nitrogens is 1. The molecule has 0 radical (unpaired) electrons. The van der Waals surface area contributed by atoms with Gasteiger partial charge in [-0.15, -0.1) is 0 Å². The number of ether oxygens (including phenoxy) is 1. The lowest BCUT2D eigenvalue weighted by atomic mass is 9.93. The van der Waals surface area contributed by atoms with Gasteiger partial charge in [-0.1, -0.05) is 25.1 Å². The van der Waals surface area contributed by atoms with Gasteiger partial charge in [-0.3, -0.25) is 4.98 Å². The van der Waals surface area contributed by atoms with E-state index < -0.39 is 0 Å². The fraction of sp³-hybridized carbons (Fsp3) is 0.333. The monoisotopic (exact) mass is 414 g/mol. The van der Waals surface area contributed by atoms with Gasteiger partial charge in [0.2, 0.25) is 0 Å². The second kappa shape index (κ2) is 9.34. The number of hydrogen-bond donors (Lipinski definition) is 0. The molecule has 0 fully saturated rings.